The fourth-order valence-corrected chi connectivity index (χ4v) is 5.92. The lowest BCUT2D eigenvalue weighted by Gasteiger charge is -2.13. The van der Waals surface area contributed by atoms with Gasteiger partial charge < -0.3 is 0 Å². The molecular weight excluding hydrogens is 510 g/mol. The van der Waals surface area contributed by atoms with Gasteiger partial charge in [0.1, 0.15) is 0 Å². The van der Waals surface area contributed by atoms with E-state index in [0.717, 1.165) is 39.2 Å². The first-order chi connectivity index (χ1) is 20.8. The van der Waals surface area contributed by atoms with Gasteiger partial charge in [0.15, 0.2) is 5.82 Å². The Balaban J connectivity index is 1.35. The van der Waals surface area contributed by atoms with Gasteiger partial charge in [0.25, 0.3) is 0 Å². The molecular formula is C39H25N3. The van der Waals surface area contributed by atoms with Crippen LogP contribution >= 0.6 is 0 Å². The van der Waals surface area contributed by atoms with E-state index in [2.05, 4.69) is 120 Å². The number of hydrogen-bond acceptors (Lipinski definition) is 3. The quantitative estimate of drug-likeness (QED) is 0.211. The lowest BCUT2D eigenvalue weighted by atomic mass is 9.92. The van der Waals surface area contributed by atoms with E-state index in [1.807, 2.05) is 30.5 Å². The molecule has 0 fully saturated rings. The number of hydrogen-bond donors (Lipinski definition) is 0. The van der Waals surface area contributed by atoms with Crippen LogP contribution in [0.3, 0.4) is 0 Å². The molecule has 2 aromatic heterocycles. The Labute approximate surface area is 243 Å². The summed E-state index contributed by atoms with van der Waals surface area (Å²) in [4.78, 5) is 14.5. The summed E-state index contributed by atoms with van der Waals surface area (Å²) < 4.78 is 0. The van der Waals surface area contributed by atoms with Crippen LogP contribution in [0.15, 0.2) is 152 Å². The minimum atomic E-state index is 0.707. The van der Waals surface area contributed by atoms with Crippen LogP contribution in [0.1, 0.15) is 0 Å². The number of benzene rings is 6. The zero-order valence-electron chi connectivity index (χ0n) is 22.8. The zero-order valence-corrected chi connectivity index (χ0v) is 22.8. The van der Waals surface area contributed by atoms with Crippen molar-refractivity contribution >= 4 is 32.3 Å². The van der Waals surface area contributed by atoms with Crippen LogP contribution < -0.4 is 0 Å². The standard InChI is InChI=1S/C39H25N3/c1-2-10-26(11-3-1)39-41-37(28-13-8-12-27(22-28)30-14-9-21-40-25-30)24-38(42-39)29-19-20-35-33-17-5-4-15-31(33)32-16-6-7-18-34(32)36(35)23-29/h1-25H. The van der Waals surface area contributed by atoms with E-state index < -0.39 is 0 Å². The molecule has 0 atom stereocenters. The summed E-state index contributed by atoms with van der Waals surface area (Å²) in [6.45, 7) is 0. The van der Waals surface area contributed by atoms with E-state index in [4.69, 9.17) is 9.97 Å². The van der Waals surface area contributed by atoms with Crippen LogP contribution in [0.4, 0.5) is 0 Å². The van der Waals surface area contributed by atoms with Gasteiger partial charge in [-0.15, -0.1) is 0 Å². The van der Waals surface area contributed by atoms with Gasteiger partial charge in [-0.1, -0.05) is 115 Å². The Morgan fingerprint density at radius 2 is 0.881 bits per heavy atom. The average molecular weight is 536 g/mol. The van der Waals surface area contributed by atoms with Gasteiger partial charge >= 0.3 is 0 Å². The van der Waals surface area contributed by atoms with E-state index in [1.165, 1.54) is 32.3 Å². The zero-order chi connectivity index (χ0) is 27.9. The maximum absolute atomic E-state index is 5.11. The summed E-state index contributed by atoms with van der Waals surface area (Å²) in [5.74, 6) is 0.707. The van der Waals surface area contributed by atoms with Crippen molar-refractivity contribution < 1.29 is 0 Å². The van der Waals surface area contributed by atoms with Crippen LogP contribution in [0.5, 0.6) is 0 Å². The first-order valence-electron chi connectivity index (χ1n) is 14.1. The number of fused-ring (bicyclic) bond motifs is 6. The van der Waals surface area contributed by atoms with E-state index in [0.29, 0.717) is 5.82 Å². The smallest absolute Gasteiger partial charge is 0.160 e. The highest BCUT2D eigenvalue weighted by atomic mass is 14.9. The number of pyridine rings is 1. The van der Waals surface area contributed by atoms with Crippen LogP contribution in [0.2, 0.25) is 0 Å². The van der Waals surface area contributed by atoms with Gasteiger partial charge in [-0.2, -0.15) is 0 Å². The van der Waals surface area contributed by atoms with Crippen molar-refractivity contribution in [3.05, 3.63) is 152 Å². The predicted octanol–water partition coefficient (Wildman–Crippen LogP) is 10.00. The molecule has 2 heterocycles. The largest absolute Gasteiger partial charge is 0.264 e. The van der Waals surface area contributed by atoms with E-state index in [9.17, 15) is 0 Å². The molecule has 0 aliphatic rings. The first-order valence-corrected chi connectivity index (χ1v) is 14.1. The molecule has 42 heavy (non-hydrogen) atoms. The van der Waals surface area contributed by atoms with Crippen molar-refractivity contribution in [2.75, 3.05) is 0 Å². The lowest BCUT2D eigenvalue weighted by Crippen LogP contribution is -1.96. The minimum absolute atomic E-state index is 0.707. The molecule has 3 heteroatoms. The second-order valence-electron chi connectivity index (χ2n) is 10.5. The highest BCUT2D eigenvalue weighted by Crippen LogP contribution is 2.37. The summed E-state index contributed by atoms with van der Waals surface area (Å²) in [6, 6.07) is 48.9. The molecule has 8 rings (SSSR count). The fourth-order valence-electron chi connectivity index (χ4n) is 5.92. The molecule has 0 spiro atoms. The summed E-state index contributed by atoms with van der Waals surface area (Å²) in [5.41, 5.74) is 7.04. The second kappa shape index (κ2) is 10.1. The SMILES string of the molecule is c1ccc(-c2nc(-c3cccc(-c4cccnc4)c3)cc(-c3ccc4c5ccccc5c5ccccc5c4c3)n2)cc1. The van der Waals surface area contributed by atoms with Gasteiger partial charge in [0.2, 0.25) is 0 Å². The van der Waals surface area contributed by atoms with E-state index in [1.54, 1.807) is 6.20 Å². The Kier molecular flexibility index (Phi) is 5.79. The van der Waals surface area contributed by atoms with Crippen molar-refractivity contribution in [2.24, 2.45) is 0 Å². The summed E-state index contributed by atoms with van der Waals surface area (Å²) >= 11 is 0. The molecule has 3 nitrogen and oxygen atoms in total. The predicted molar refractivity (Wildman–Crippen MR) is 174 cm³/mol. The second-order valence-corrected chi connectivity index (χ2v) is 10.5. The van der Waals surface area contributed by atoms with Crippen LogP contribution in [0.25, 0.3) is 77.3 Å². The molecule has 0 bridgehead atoms. The fraction of sp³-hybridized carbons (Fsp3) is 0. The van der Waals surface area contributed by atoms with E-state index in [-0.39, 0.29) is 0 Å². The van der Waals surface area contributed by atoms with Gasteiger partial charge in [-0.25, -0.2) is 9.97 Å². The molecule has 196 valence electrons. The third-order valence-electron chi connectivity index (χ3n) is 7.95. The Bertz CT molecular complexity index is 2200. The Morgan fingerprint density at radius 3 is 1.55 bits per heavy atom. The summed E-state index contributed by atoms with van der Waals surface area (Å²) in [5, 5.41) is 7.51. The number of rotatable bonds is 4. The summed E-state index contributed by atoms with van der Waals surface area (Å²) in [7, 11) is 0. The third-order valence-corrected chi connectivity index (χ3v) is 7.95. The molecule has 0 saturated heterocycles. The molecule has 6 aromatic carbocycles. The first kappa shape index (κ1) is 24.2. The average Bonchev–Trinajstić information content (AvgIpc) is 3.09. The van der Waals surface area contributed by atoms with Crippen molar-refractivity contribution in [2.45, 2.75) is 0 Å². The normalized spacial score (nSPS) is 11.3. The van der Waals surface area contributed by atoms with E-state index >= 15 is 0 Å². The number of nitrogens with zero attached hydrogens (tertiary/aromatic N) is 3. The van der Waals surface area contributed by atoms with Crippen LogP contribution in [-0.4, -0.2) is 15.0 Å². The molecule has 0 aliphatic heterocycles. The minimum Gasteiger partial charge on any atom is -0.264 e. The molecule has 0 aliphatic carbocycles. The highest BCUT2D eigenvalue weighted by Gasteiger charge is 2.14. The molecule has 0 radical (unpaired) electrons. The Hall–Kier alpha value is -5.67. The van der Waals surface area contributed by atoms with Crippen molar-refractivity contribution in [3.63, 3.8) is 0 Å². The molecule has 0 saturated carbocycles. The Morgan fingerprint density at radius 1 is 0.333 bits per heavy atom. The van der Waals surface area contributed by atoms with Crippen molar-refractivity contribution in [3.8, 4) is 45.0 Å². The molecule has 0 unspecified atom stereocenters. The van der Waals surface area contributed by atoms with Crippen LogP contribution in [0, 0.1) is 0 Å². The maximum atomic E-state index is 5.11. The van der Waals surface area contributed by atoms with Gasteiger partial charge in [0, 0.05) is 34.6 Å². The van der Waals surface area contributed by atoms with Crippen molar-refractivity contribution in [1.29, 1.82) is 0 Å². The summed E-state index contributed by atoms with van der Waals surface area (Å²) in [6.07, 6.45) is 3.69. The topological polar surface area (TPSA) is 38.7 Å². The third kappa shape index (κ3) is 4.20. The molecule has 0 N–H and O–H groups in total. The maximum Gasteiger partial charge on any atom is 0.160 e. The van der Waals surface area contributed by atoms with Crippen molar-refractivity contribution in [1.82, 2.24) is 15.0 Å². The lowest BCUT2D eigenvalue weighted by molar-refractivity contribution is 1.18. The number of aromatic nitrogens is 3. The van der Waals surface area contributed by atoms with Gasteiger partial charge in [-0.05, 0) is 62.1 Å². The highest BCUT2D eigenvalue weighted by molar-refractivity contribution is 6.25. The molecule has 8 aromatic rings. The monoisotopic (exact) mass is 535 g/mol. The van der Waals surface area contributed by atoms with Crippen LogP contribution in [-0.2, 0) is 0 Å². The van der Waals surface area contributed by atoms with Gasteiger partial charge in [0.05, 0.1) is 11.4 Å². The van der Waals surface area contributed by atoms with Gasteiger partial charge in [-0.3, -0.25) is 4.98 Å². The molecule has 0 amide bonds.